The third-order valence-corrected chi connectivity index (χ3v) is 4.69. The van der Waals surface area contributed by atoms with Crippen LogP contribution in [0, 0.1) is 0 Å². The highest BCUT2D eigenvalue weighted by molar-refractivity contribution is 9.10. The first-order valence-electron chi connectivity index (χ1n) is 5.68. The molecule has 17 heavy (non-hydrogen) atoms. The number of thiophene rings is 1. The van der Waals surface area contributed by atoms with Crippen molar-refractivity contribution in [3.05, 3.63) is 39.0 Å². The van der Waals surface area contributed by atoms with Crippen molar-refractivity contribution < 1.29 is 0 Å². The van der Waals surface area contributed by atoms with Crippen molar-refractivity contribution in [2.75, 3.05) is 0 Å². The van der Waals surface area contributed by atoms with Gasteiger partial charge in [-0.2, -0.15) is 0 Å². The molecule has 0 amide bonds. The number of hydrogen-bond donors (Lipinski definition) is 1. The van der Waals surface area contributed by atoms with E-state index in [4.69, 9.17) is 5.73 Å². The third kappa shape index (κ3) is 3.18. The van der Waals surface area contributed by atoms with Gasteiger partial charge in [-0.25, -0.2) is 4.98 Å². The maximum absolute atomic E-state index is 5.98. The van der Waals surface area contributed by atoms with E-state index in [1.807, 2.05) is 12.4 Å². The summed E-state index contributed by atoms with van der Waals surface area (Å²) in [5.74, 6) is 1.07. The van der Waals surface area contributed by atoms with E-state index in [0.717, 1.165) is 25.2 Å². The van der Waals surface area contributed by atoms with Crippen molar-refractivity contribution in [3.63, 3.8) is 0 Å². The van der Waals surface area contributed by atoms with Gasteiger partial charge in [-0.05, 0) is 33.8 Å². The summed E-state index contributed by atoms with van der Waals surface area (Å²) in [4.78, 5) is 5.70. The zero-order valence-corrected chi connectivity index (χ0v) is 12.2. The molecule has 0 aliphatic rings. The van der Waals surface area contributed by atoms with Gasteiger partial charge < -0.3 is 10.3 Å². The van der Waals surface area contributed by atoms with Crippen molar-refractivity contribution in [1.82, 2.24) is 9.55 Å². The Morgan fingerprint density at radius 1 is 1.59 bits per heavy atom. The Balaban J connectivity index is 2.11. The molecule has 5 heteroatoms. The number of nitrogens with zero attached hydrogens (tertiary/aromatic N) is 2. The molecule has 92 valence electrons. The van der Waals surface area contributed by atoms with Crippen LogP contribution in [-0.2, 0) is 13.0 Å². The number of rotatable bonds is 5. The van der Waals surface area contributed by atoms with E-state index >= 15 is 0 Å². The van der Waals surface area contributed by atoms with Gasteiger partial charge in [0.1, 0.15) is 5.82 Å². The molecule has 2 rings (SSSR count). The molecule has 2 N–H and O–H groups in total. The van der Waals surface area contributed by atoms with Crippen molar-refractivity contribution in [3.8, 4) is 0 Å². The van der Waals surface area contributed by atoms with Crippen LogP contribution >= 0.6 is 27.3 Å². The van der Waals surface area contributed by atoms with E-state index in [-0.39, 0.29) is 6.04 Å². The maximum atomic E-state index is 5.98. The van der Waals surface area contributed by atoms with Crippen LogP contribution < -0.4 is 5.73 Å². The number of hydrogen-bond acceptors (Lipinski definition) is 3. The summed E-state index contributed by atoms with van der Waals surface area (Å²) in [7, 11) is 0. The molecule has 0 aliphatic heterocycles. The van der Waals surface area contributed by atoms with Crippen LogP contribution in [0.15, 0.2) is 28.3 Å². The molecule has 2 aromatic rings. The Bertz CT molecular complexity index is 478. The molecule has 0 saturated carbocycles. The summed E-state index contributed by atoms with van der Waals surface area (Å²) in [5, 5.41) is 2.09. The Morgan fingerprint density at radius 3 is 3.06 bits per heavy atom. The molecular weight excluding hydrogens is 298 g/mol. The van der Waals surface area contributed by atoms with E-state index in [2.05, 4.69) is 43.9 Å². The SMILES string of the molecule is CCC(N)Cc1nccn1Cc1sccc1Br. The summed E-state index contributed by atoms with van der Waals surface area (Å²) in [6.07, 6.45) is 5.69. The fourth-order valence-corrected chi connectivity index (χ4v) is 3.12. The summed E-state index contributed by atoms with van der Waals surface area (Å²) in [6.45, 7) is 2.97. The van der Waals surface area contributed by atoms with Crippen LogP contribution in [0.5, 0.6) is 0 Å². The van der Waals surface area contributed by atoms with Crippen molar-refractivity contribution in [2.24, 2.45) is 5.73 Å². The number of nitrogens with two attached hydrogens (primary N) is 1. The van der Waals surface area contributed by atoms with Gasteiger partial charge in [-0.15, -0.1) is 11.3 Å². The molecule has 2 aromatic heterocycles. The Morgan fingerprint density at radius 2 is 2.41 bits per heavy atom. The lowest BCUT2D eigenvalue weighted by molar-refractivity contribution is 0.598. The van der Waals surface area contributed by atoms with Gasteiger partial charge >= 0.3 is 0 Å². The smallest absolute Gasteiger partial charge is 0.110 e. The van der Waals surface area contributed by atoms with Crippen molar-refractivity contribution in [2.45, 2.75) is 32.4 Å². The molecule has 0 aromatic carbocycles. The number of imidazole rings is 1. The second kappa shape index (κ2) is 5.80. The highest BCUT2D eigenvalue weighted by Crippen LogP contribution is 2.24. The maximum Gasteiger partial charge on any atom is 0.110 e. The van der Waals surface area contributed by atoms with Crippen LogP contribution in [0.3, 0.4) is 0 Å². The van der Waals surface area contributed by atoms with E-state index in [1.54, 1.807) is 11.3 Å². The topological polar surface area (TPSA) is 43.8 Å². The van der Waals surface area contributed by atoms with E-state index in [9.17, 15) is 0 Å². The lowest BCUT2D eigenvalue weighted by Crippen LogP contribution is -2.23. The van der Waals surface area contributed by atoms with Crippen LogP contribution in [0.1, 0.15) is 24.0 Å². The highest BCUT2D eigenvalue weighted by Gasteiger charge is 2.09. The second-order valence-corrected chi connectivity index (χ2v) is 5.89. The summed E-state index contributed by atoms with van der Waals surface area (Å²) < 4.78 is 3.34. The molecule has 0 aliphatic carbocycles. The molecule has 0 spiro atoms. The van der Waals surface area contributed by atoms with Crippen molar-refractivity contribution in [1.29, 1.82) is 0 Å². The first-order valence-corrected chi connectivity index (χ1v) is 7.35. The number of halogens is 1. The average molecular weight is 314 g/mol. The molecule has 1 atom stereocenters. The lowest BCUT2D eigenvalue weighted by atomic mass is 10.1. The molecule has 3 nitrogen and oxygen atoms in total. The fraction of sp³-hybridized carbons (Fsp3) is 0.417. The standard InChI is InChI=1S/C12H16BrN3S/c1-2-9(14)7-12-15-4-5-16(12)8-11-10(13)3-6-17-11/h3-6,9H,2,7-8,14H2,1H3. The van der Waals surface area contributed by atoms with E-state index in [0.29, 0.717) is 0 Å². The van der Waals surface area contributed by atoms with Gasteiger partial charge in [0.2, 0.25) is 0 Å². The monoisotopic (exact) mass is 313 g/mol. The summed E-state index contributed by atoms with van der Waals surface area (Å²) in [6, 6.07) is 2.27. The van der Waals surface area contributed by atoms with Crippen LogP contribution in [-0.4, -0.2) is 15.6 Å². The predicted octanol–water partition coefficient (Wildman–Crippen LogP) is 3.04. The first kappa shape index (κ1) is 12.8. The van der Waals surface area contributed by atoms with Crippen LogP contribution in [0.4, 0.5) is 0 Å². The zero-order valence-electron chi connectivity index (χ0n) is 9.77. The zero-order chi connectivity index (χ0) is 12.3. The Kier molecular flexibility index (Phi) is 4.36. The minimum absolute atomic E-state index is 0.197. The van der Waals surface area contributed by atoms with Gasteiger partial charge in [0.05, 0.1) is 6.54 Å². The van der Waals surface area contributed by atoms with Gasteiger partial charge in [-0.3, -0.25) is 0 Å². The quantitative estimate of drug-likeness (QED) is 0.922. The first-order chi connectivity index (χ1) is 8.20. The number of aromatic nitrogens is 2. The largest absolute Gasteiger partial charge is 0.330 e. The summed E-state index contributed by atoms with van der Waals surface area (Å²) >= 11 is 5.31. The van der Waals surface area contributed by atoms with Gasteiger partial charge in [0.15, 0.2) is 0 Å². The van der Waals surface area contributed by atoms with Gasteiger partial charge in [0.25, 0.3) is 0 Å². The average Bonchev–Trinajstić information content (AvgIpc) is 2.90. The minimum Gasteiger partial charge on any atom is -0.330 e. The minimum atomic E-state index is 0.197. The van der Waals surface area contributed by atoms with Gasteiger partial charge in [0, 0.05) is 34.2 Å². The van der Waals surface area contributed by atoms with Crippen LogP contribution in [0.25, 0.3) is 0 Å². The molecule has 0 bridgehead atoms. The Labute approximate surface area is 114 Å². The molecule has 1 unspecified atom stereocenters. The van der Waals surface area contributed by atoms with Crippen molar-refractivity contribution >= 4 is 27.3 Å². The molecule has 2 heterocycles. The fourth-order valence-electron chi connectivity index (χ4n) is 1.65. The molecular formula is C12H16BrN3S. The lowest BCUT2D eigenvalue weighted by Gasteiger charge is -2.10. The molecule has 0 fully saturated rings. The van der Waals surface area contributed by atoms with Gasteiger partial charge in [-0.1, -0.05) is 6.92 Å². The Hall–Kier alpha value is -0.650. The third-order valence-electron chi connectivity index (χ3n) is 2.78. The second-order valence-electron chi connectivity index (χ2n) is 4.04. The molecule has 0 saturated heterocycles. The summed E-state index contributed by atoms with van der Waals surface area (Å²) in [5.41, 5.74) is 5.98. The highest BCUT2D eigenvalue weighted by atomic mass is 79.9. The van der Waals surface area contributed by atoms with E-state index in [1.165, 1.54) is 9.35 Å². The van der Waals surface area contributed by atoms with Crippen LogP contribution in [0.2, 0.25) is 0 Å². The molecule has 0 radical (unpaired) electrons. The van der Waals surface area contributed by atoms with E-state index < -0.39 is 0 Å². The predicted molar refractivity (Wildman–Crippen MR) is 75.3 cm³/mol. The normalized spacial score (nSPS) is 12.9.